The van der Waals surface area contributed by atoms with E-state index in [1.807, 2.05) is 0 Å². The second-order valence-electron chi connectivity index (χ2n) is 4.93. The van der Waals surface area contributed by atoms with Crippen LogP contribution in [0.5, 0.6) is 0 Å². The Balaban J connectivity index is 1.99. The zero-order chi connectivity index (χ0) is 12.4. The molecule has 4 heteroatoms. The second-order valence-corrected chi connectivity index (χ2v) is 4.93. The molecule has 0 spiro atoms. The van der Waals surface area contributed by atoms with Crippen LogP contribution in [0.15, 0.2) is 18.2 Å². The van der Waals surface area contributed by atoms with Crippen molar-refractivity contribution in [1.82, 2.24) is 4.90 Å². The first-order valence-electron chi connectivity index (χ1n) is 5.99. The maximum Gasteiger partial charge on any atom is 0.159 e. The van der Waals surface area contributed by atoms with Gasteiger partial charge in [-0.2, -0.15) is 0 Å². The molecule has 1 aromatic rings. The predicted molar refractivity (Wildman–Crippen MR) is 63.5 cm³/mol. The van der Waals surface area contributed by atoms with Gasteiger partial charge in [-0.1, -0.05) is 13.0 Å². The third kappa shape index (κ3) is 3.01. The van der Waals surface area contributed by atoms with E-state index in [-0.39, 0.29) is 6.04 Å². The summed E-state index contributed by atoms with van der Waals surface area (Å²) in [5.74, 6) is -0.948. The average molecular weight is 240 g/mol. The molecule has 2 unspecified atom stereocenters. The minimum absolute atomic E-state index is 0.254. The molecule has 2 rings (SSSR count). The summed E-state index contributed by atoms with van der Waals surface area (Å²) in [6.07, 6.45) is 1.19. The van der Waals surface area contributed by atoms with Crippen molar-refractivity contribution in [3.63, 3.8) is 0 Å². The van der Waals surface area contributed by atoms with Gasteiger partial charge in [-0.15, -0.1) is 0 Å². The Hall–Kier alpha value is -1.00. The minimum Gasteiger partial charge on any atom is -0.323 e. The van der Waals surface area contributed by atoms with Crippen molar-refractivity contribution in [2.24, 2.45) is 11.7 Å². The van der Waals surface area contributed by atoms with Crippen molar-refractivity contribution in [2.45, 2.75) is 19.4 Å². The van der Waals surface area contributed by atoms with Crippen LogP contribution in [0.3, 0.4) is 0 Å². The molecule has 0 aromatic heterocycles. The van der Waals surface area contributed by atoms with Crippen LogP contribution in [0, 0.1) is 17.6 Å². The maximum atomic E-state index is 13.1. The normalized spacial score (nSPS) is 22.9. The molecular weight excluding hydrogens is 222 g/mol. The molecule has 0 radical (unpaired) electrons. The summed E-state index contributed by atoms with van der Waals surface area (Å²) in [5, 5.41) is 0. The van der Waals surface area contributed by atoms with Gasteiger partial charge in [-0.3, -0.25) is 0 Å². The fraction of sp³-hybridized carbons (Fsp3) is 0.538. The van der Waals surface area contributed by atoms with E-state index in [9.17, 15) is 8.78 Å². The molecule has 0 amide bonds. The predicted octanol–water partition coefficient (Wildman–Crippen LogP) is 2.31. The zero-order valence-electron chi connectivity index (χ0n) is 10.00. The molecule has 94 valence electrons. The number of hydrogen-bond donors (Lipinski definition) is 1. The van der Waals surface area contributed by atoms with Crippen molar-refractivity contribution in [1.29, 1.82) is 0 Å². The van der Waals surface area contributed by atoms with Gasteiger partial charge in [-0.05, 0) is 36.6 Å². The maximum absolute atomic E-state index is 13.1. The number of halogens is 2. The Labute approximate surface area is 100 Å². The molecule has 1 aliphatic heterocycles. The highest BCUT2D eigenvalue weighted by Gasteiger charge is 2.21. The summed E-state index contributed by atoms with van der Waals surface area (Å²) in [6, 6.07) is 3.63. The summed E-state index contributed by atoms with van der Waals surface area (Å²) < 4.78 is 25.9. The summed E-state index contributed by atoms with van der Waals surface area (Å²) in [7, 11) is 0. The fourth-order valence-corrected chi connectivity index (χ4v) is 2.32. The molecule has 2 atom stereocenters. The lowest BCUT2D eigenvalue weighted by Gasteiger charge is -2.20. The van der Waals surface area contributed by atoms with Crippen LogP contribution < -0.4 is 5.73 Å². The summed E-state index contributed by atoms with van der Waals surface area (Å²) >= 11 is 0. The van der Waals surface area contributed by atoms with Gasteiger partial charge in [0, 0.05) is 19.1 Å². The first-order chi connectivity index (χ1) is 8.06. The van der Waals surface area contributed by atoms with Crippen LogP contribution in [0.2, 0.25) is 0 Å². The zero-order valence-corrected chi connectivity index (χ0v) is 10.00. The lowest BCUT2D eigenvalue weighted by Crippen LogP contribution is -2.30. The van der Waals surface area contributed by atoms with E-state index in [1.54, 1.807) is 6.07 Å². The van der Waals surface area contributed by atoms with Crippen LogP contribution in [0.4, 0.5) is 8.78 Å². The highest BCUT2D eigenvalue weighted by Crippen LogP contribution is 2.20. The van der Waals surface area contributed by atoms with Gasteiger partial charge in [0.2, 0.25) is 0 Å². The number of nitrogens with two attached hydrogens (primary N) is 1. The lowest BCUT2D eigenvalue weighted by atomic mass is 10.1. The van der Waals surface area contributed by atoms with Crippen LogP contribution in [0.25, 0.3) is 0 Å². The molecule has 17 heavy (non-hydrogen) atoms. The monoisotopic (exact) mass is 240 g/mol. The topological polar surface area (TPSA) is 29.3 Å². The molecule has 1 aliphatic rings. The van der Waals surface area contributed by atoms with Crippen LogP contribution in [-0.4, -0.2) is 24.5 Å². The van der Waals surface area contributed by atoms with Crippen molar-refractivity contribution < 1.29 is 8.78 Å². The van der Waals surface area contributed by atoms with Crippen molar-refractivity contribution in [3.05, 3.63) is 35.4 Å². The van der Waals surface area contributed by atoms with Crippen LogP contribution >= 0.6 is 0 Å². The SMILES string of the molecule is CC1CCN(CC(N)c2ccc(F)c(F)c2)C1. The van der Waals surface area contributed by atoms with E-state index in [0.717, 1.165) is 19.2 Å². The number of nitrogens with zero attached hydrogens (tertiary/aromatic N) is 1. The van der Waals surface area contributed by atoms with E-state index in [2.05, 4.69) is 11.8 Å². The van der Waals surface area contributed by atoms with E-state index in [0.29, 0.717) is 18.0 Å². The Morgan fingerprint density at radius 2 is 2.18 bits per heavy atom. The van der Waals surface area contributed by atoms with Gasteiger partial charge >= 0.3 is 0 Å². The molecular formula is C13H18F2N2. The third-order valence-corrected chi connectivity index (χ3v) is 3.33. The first-order valence-corrected chi connectivity index (χ1v) is 5.99. The van der Waals surface area contributed by atoms with Gasteiger partial charge in [-0.25, -0.2) is 8.78 Å². The van der Waals surface area contributed by atoms with Crippen molar-refractivity contribution >= 4 is 0 Å². The van der Waals surface area contributed by atoms with Gasteiger partial charge in [0.15, 0.2) is 11.6 Å². The van der Waals surface area contributed by atoms with E-state index in [4.69, 9.17) is 5.73 Å². The van der Waals surface area contributed by atoms with Crippen molar-refractivity contribution in [2.75, 3.05) is 19.6 Å². The number of hydrogen-bond acceptors (Lipinski definition) is 2. The largest absolute Gasteiger partial charge is 0.323 e. The number of benzene rings is 1. The van der Waals surface area contributed by atoms with Gasteiger partial charge < -0.3 is 10.6 Å². The summed E-state index contributed by atoms with van der Waals surface area (Å²) in [6.45, 7) is 4.99. The molecule has 2 N–H and O–H groups in total. The average Bonchev–Trinajstić information content (AvgIpc) is 2.68. The van der Waals surface area contributed by atoms with Crippen LogP contribution in [-0.2, 0) is 0 Å². The molecule has 0 aliphatic carbocycles. The summed E-state index contributed by atoms with van der Waals surface area (Å²) in [4.78, 5) is 2.27. The number of rotatable bonds is 3. The highest BCUT2D eigenvalue weighted by atomic mass is 19.2. The Morgan fingerprint density at radius 1 is 1.41 bits per heavy atom. The quantitative estimate of drug-likeness (QED) is 0.878. The van der Waals surface area contributed by atoms with E-state index in [1.165, 1.54) is 12.5 Å². The molecule has 2 nitrogen and oxygen atoms in total. The van der Waals surface area contributed by atoms with Crippen LogP contribution in [0.1, 0.15) is 24.9 Å². The van der Waals surface area contributed by atoms with E-state index >= 15 is 0 Å². The Bertz CT molecular complexity index is 395. The Morgan fingerprint density at radius 3 is 2.76 bits per heavy atom. The highest BCUT2D eigenvalue weighted by molar-refractivity contribution is 5.21. The molecule has 1 saturated heterocycles. The Kier molecular flexibility index (Phi) is 3.74. The molecule has 0 bridgehead atoms. The summed E-state index contributed by atoms with van der Waals surface area (Å²) in [5.41, 5.74) is 6.66. The van der Waals surface area contributed by atoms with Crippen molar-refractivity contribution in [3.8, 4) is 0 Å². The molecule has 1 heterocycles. The minimum atomic E-state index is -0.826. The smallest absolute Gasteiger partial charge is 0.159 e. The van der Waals surface area contributed by atoms with Gasteiger partial charge in [0.05, 0.1) is 0 Å². The molecule has 0 saturated carbocycles. The van der Waals surface area contributed by atoms with Gasteiger partial charge in [0.1, 0.15) is 0 Å². The fourth-order valence-electron chi connectivity index (χ4n) is 2.32. The molecule has 1 aromatic carbocycles. The third-order valence-electron chi connectivity index (χ3n) is 3.33. The molecule has 1 fully saturated rings. The number of likely N-dealkylation sites (tertiary alicyclic amines) is 1. The first kappa shape index (κ1) is 12.5. The second kappa shape index (κ2) is 5.10. The van der Waals surface area contributed by atoms with Gasteiger partial charge in [0.25, 0.3) is 0 Å². The standard InChI is InChI=1S/C13H18F2N2/c1-9-4-5-17(7-9)8-13(16)10-2-3-11(14)12(15)6-10/h2-3,6,9,13H,4-5,7-8,16H2,1H3. The lowest BCUT2D eigenvalue weighted by molar-refractivity contribution is 0.306. The van der Waals surface area contributed by atoms with E-state index < -0.39 is 11.6 Å².